The van der Waals surface area contributed by atoms with Crippen molar-refractivity contribution in [3.63, 3.8) is 0 Å². The molecule has 0 aliphatic carbocycles. The van der Waals surface area contributed by atoms with Crippen LogP contribution in [0.4, 0.5) is 11.4 Å². The number of hydrogen-bond donors (Lipinski definition) is 2. The van der Waals surface area contributed by atoms with Gasteiger partial charge in [-0.15, -0.1) is 0 Å². The Balaban J connectivity index is 1.86. The highest BCUT2D eigenvalue weighted by Gasteiger charge is 2.17. The number of benzene rings is 3. The van der Waals surface area contributed by atoms with E-state index >= 15 is 0 Å². The van der Waals surface area contributed by atoms with Crippen LogP contribution >= 0.6 is 23.2 Å². The van der Waals surface area contributed by atoms with Crippen LogP contribution in [0, 0.1) is 6.92 Å². The third kappa shape index (κ3) is 4.65. The molecule has 0 radical (unpaired) electrons. The molecule has 0 aliphatic rings. The van der Waals surface area contributed by atoms with Gasteiger partial charge in [0.25, 0.3) is 15.9 Å². The van der Waals surface area contributed by atoms with Gasteiger partial charge >= 0.3 is 0 Å². The van der Waals surface area contributed by atoms with Crippen molar-refractivity contribution in [1.82, 2.24) is 0 Å². The summed E-state index contributed by atoms with van der Waals surface area (Å²) in [5.41, 5.74) is 1.91. The van der Waals surface area contributed by atoms with Crippen molar-refractivity contribution in [2.75, 3.05) is 10.0 Å². The zero-order valence-electron chi connectivity index (χ0n) is 14.7. The van der Waals surface area contributed by atoms with Crippen molar-refractivity contribution in [3.8, 4) is 0 Å². The van der Waals surface area contributed by atoms with Crippen LogP contribution in [0.15, 0.2) is 71.6 Å². The Morgan fingerprint density at radius 2 is 1.61 bits per heavy atom. The van der Waals surface area contributed by atoms with Crippen LogP contribution in [0.2, 0.25) is 10.0 Å². The largest absolute Gasteiger partial charge is 0.322 e. The Hall–Kier alpha value is -2.54. The molecule has 0 saturated carbocycles. The van der Waals surface area contributed by atoms with Gasteiger partial charge in [0.1, 0.15) is 0 Å². The summed E-state index contributed by atoms with van der Waals surface area (Å²) in [4.78, 5) is 12.7. The minimum absolute atomic E-state index is 0.0535. The number of amides is 1. The third-order valence-electron chi connectivity index (χ3n) is 3.98. The van der Waals surface area contributed by atoms with E-state index in [2.05, 4.69) is 10.0 Å². The fourth-order valence-corrected chi connectivity index (χ4v) is 3.87. The molecule has 0 spiro atoms. The second-order valence-corrected chi connectivity index (χ2v) is 8.55. The quantitative estimate of drug-likeness (QED) is 0.567. The second kappa shape index (κ2) is 8.22. The molecule has 3 rings (SSSR count). The van der Waals surface area contributed by atoms with E-state index in [4.69, 9.17) is 23.2 Å². The second-order valence-electron chi connectivity index (χ2n) is 6.02. The van der Waals surface area contributed by atoms with Crippen molar-refractivity contribution in [1.29, 1.82) is 0 Å². The van der Waals surface area contributed by atoms with Gasteiger partial charge in [-0.2, -0.15) is 0 Å². The smallest absolute Gasteiger partial charge is 0.261 e. The zero-order chi connectivity index (χ0) is 20.3. The number of aryl methyl sites for hydroxylation is 1. The van der Waals surface area contributed by atoms with Crippen LogP contribution in [-0.2, 0) is 10.0 Å². The number of halogens is 2. The highest BCUT2D eigenvalue weighted by atomic mass is 35.5. The van der Waals surface area contributed by atoms with E-state index in [0.717, 1.165) is 5.56 Å². The van der Waals surface area contributed by atoms with Gasteiger partial charge in [0.2, 0.25) is 0 Å². The molecule has 0 aromatic heterocycles. The molecule has 28 heavy (non-hydrogen) atoms. The van der Waals surface area contributed by atoms with Crippen LogP contribution < -0.4 is 10.0 Å². The van der Waals surface area contributed by atoms with E-state index in [0.29, 0.717) is 10.7 Å². The first-order valence-electron chi connectivity index (χ1n) is 8.21. The Bertz CT molecular complexity index is 1130. The topological polar surface area (TPSA) is 75.3 Å². The fourth-order valence-electron chi connectivity index (χ4n) is 2.49. The molecule has 3 aromatic carbocycles. The van der Waals surface area contributed by atoms with Gasteiger partial charge in [0, 0.05) is 16.4 Å². The summed E-state index contributed by atoms with van der Waals surface area (Å²) in [6.45, 7) is 1.87. The van der Waals surface area contributed by atoms with Gasteiger partial charge in [0.15, 0.2) is 0 Å². The van der Waals surface area contributed by atoms with Crippen LogP contribution in [0.25, 0.3) is 0 Å². The first kappa shape index (κ1) is 20.2. The normalized spacial score (nSPS) is 11.1. The van der Waals surface area contributed by atoms with Gasteiger partial charge in [0.05, 0.1) is 15.5 Å². The predicted octanol–water partition coefficient (Wildman–Crippen LogP) is 5.35. The molecule has 1 amide bonds. The molecule has 0 heterocycles. The Morgan fingerprint density at radius 3 is 2.29 bits per heavy atom. The summed E-state index contributed by atoms with van der Waals surface area (Å²) in [7, 11) is -3.83. The molecule has 0 fully saturated rings. The molecule has 2 N–H and O–H groups in total. The first-order chi connectivity index (χ1) is 13.3. The highest BCUT2D eigenvalue weighted by Crippen LogP contribution is 2.25. The van der Waals surface area contributed by atoms with Gasteiger partial charge in [-0.1, -0.05) is 41.4 Å². The lowest BCUT2D eigenvalue weighted by Gasteiger charge is -2.12. The predicted molar refractivity (Wildman–Crippen MR) is 113 cm³/mol. The SMILES string of the molecule is Cc1ccccc1NC(=O)c1cc(NS(=O)(=O)c2ccc(Cl)cc2)ccc1Cl. The van der Waals surface area contributed by atoms with Gasteiger partial charge in [-0.25, -0.2) is 8.42 Å². The van der Waals surface area contributed by atoms with Crippen molar-refractivity contribution >= 4 is 50.5 Å². The average molecular weight is 435 g/mol. The Labute approximate surface area is 173 Å². The van der Waals surface area contributed by atoms with Crippen molar-refractivity contribution < 1.29 is 13.2 Å². The molecule has 0 saturated heterocycles. The summed E-state index contributed by atoms with van der Waals surface area (Å²) in [6.07, 6.45) is 0. The number of carbonyl (C=O) groups is 1. The number of anilines is 2. The standard InChI is InChI=1S/C20H16Cl2N2O3S/c1-13-4-2-3-5-19(13)23-20(25)17-12-15(8-11-18(17)22)24-28(26,27)16-9-6-14(21)7-10-16/h2-12,24H,1H3,(H,23,25). The van der Waals surface area contributed by atoms with Crippen LogP contribution in [0.1, 0.15) is 15.9 Å². The maximum Gasteiger partial charge on any atom is 0.261 e. The summed E-state index contributed by atoms with van der Waals surface area (Å²) in [5, 5.41) is 3.42. The van der Waals surface area contributed by atoms with Crippen LogP contribution in [0.5, 0.6) is 0 Å². The lowest BCUT2D eigenvalue weighted by Crippen LogP contribution is -2.16. The molecular weight excluding hydrogens is 419 g/mol. The fraction of sp³-hybridized carbons (Fsp3) is 0.0500. The van der Waals surface area contributed by atoms with Crippen molar-refractivity contribution in [3.05, 3.63) is 87.9 Å². The molecule has 0 aliphatic heterocycles. The number of sulfonamides is 1. The molecule has 3 aromatic rings. The van der Waals surface area contributed by atoms with Crippen molar-refractivity contribution in [2.24, 2.45) is 0 Å². The first-order valence-corrected chi connectivity index (χ1v) is 10.4. The van der Waals surface area contributed by atoms with E-state index in [1.807, 2.05) is 19.1 Å². The molecular formula is C20H16Cl2N2O3S. The zero-order valence-corrected chi connectivity index (χ0v) is 17.1. The Kier molecular flexibility index (Phi) is 5.93. The maximum atomic E-state index is 12.6. The number of carbonyl (C=O) groups excluding carboxylic acids is 1. The van der Waals surface area contributed by atoms with Gasteiger partial charge in [-0.05, 0) is 61.0 Å². The summed E-state index contributed by atoms with van der Waals surface area (Å²) in [5.74, 6) is -0.438. The lowest BCUT2D eigenvalue weighted by molar-refractivity contribution is 0.102. The summed E-state index contributed by atoms with van der Waals surface area (Å²) < 4.78 is 27.5. The molecule has 5 nitrogen and oxygen atoms in total. The number of hydrogen-bond acceptors (Lipinski definition) is 3. The van der Waals surface area contributed by atoms with E-state index in [1.165, 1.54) is 42.5 Å². The molecule has 0 bridgehead atoms. The van der Waals surface area contributed by atoms with E-state index < -0.39 is 15.9 Å². The third-order valence-corrected chi connectivity index (χ3v) is 5.96. The van der Waals surface area contributed by atoms with E-state index in [1.54, 1.807) is 12.1 Å². The lowest BCUT2D eigenvalue weighted by atomic mass is 10.1. The van der Waals surface area contributed by atoms with E-state index in [-0.39, 0.29) is 21.2 Å². The minimum Gasteiger partial charge on any atom is -0.322 e. The summed E-state index contributed by atoms with van der Waals surface area (Å²) >= 11 is 11.9. The number of nitrogens with one attached hydrogen (secondary N) is 2. The molecule has 0 unspecified atom stereocenters. The van der Waals surface area contributed by atoms with Gasteiger partial charge in [-0.3, -0.25) is 9.52 Å². The molecule has 8 heteroatoms. The Morgan fingerprint density at radius 1 is 0.929 bits per heavy atom. The van der Waals surface area contributed by atoms with E-state index in [9.17, 15) is 13.2 Å². The molecule has 0 atom stereocenters. The number of para-hydroxylation sites is 1. The molecule has 144 valence electrons. The summed E-state index contributed by atoms with van der Waals surface area (Å²) in [6, 6.07) is 17.4. The van der Waals surface area contributed by atoms with Crippen LogP contribution in [-0.4, -0.2) is 14.3 Å². The van der Waals surface area contributed by atoms with Gasteiger partial charge < -0.3 is 5.32 Å². The van der Waals surface area contributed by atoms with Crippen molar-refractivity contribution in [2.45, 2.75) is 11.8 Å². The maximum absolute atomic E-state index is 12.6. The average Bonchev–Trinajstić information content (AvgIpc) is 2.65. The van der Waals surface area contributed by atoms with Crippen LogP contribution in [0.3, 0.4) is 0 Å². The number of rotatable bonds is 5. The monoisotopic (exact) mass is 434 g/mol. The highest BCUT2D eigenvalue weighted by molar-refractivity contribution is 7.92. The minimum atomic E-state index is -3.83.